The van der Waals surface area contributed by atoms with Crippen LogP contribution in [0.15, 0.2) is 0 Å². The summed E-state index contributed by atoms with van der Waals surface area (Å²) >= 11 is 3.28. The molecule has 2 heteroatoms. The van der Waals surface area contributed by atoms with Gasteiger partial charge in [0.15, 0.2) is 0 Å². The molecule has 1 unspecified atom stereocenters. The quantitative estimate of drug-likeness (QED) is 0.477. The molecule has 0 amide bonds. The first-order valence-electron chi connectivity index (χ1n) is 2.01. The summed E-state index contributed by atoms with van der Waals surface area (Å²) in [7, 11) is 0. The Hall–Kier alpha value is 0.440. The predicted molar refractivity (Wildman–Crippen MR) is 27.3 cm³/mol. The van der Waals surface area contributed by atoms with Crippen LogP contribution in [0.5, 0.6) is 0 Å². The van der Waals surface area contributed by atoms with Crippen molar-refractivity contribution in [2.24, 2.45) is 0 Å². The smallest absolute Gasteiger partial charge is 0.113 e. The van der Waals surface area contributed by atoms with Crippen molar-refractivity contribution < 1.29 is 4.74 Å². The van der Waals surface area contributed by atoms with Gasteiger partial charge >= 0.3 is 0 Å². The molecule has 0 N–H and O–H groups in total. The Labute approximate surface area is 45.8 Å². The van der Waals surface area contributed by atoms with Crippen molar-refractivity contribution in [1.82, 2.24) is 0 Å². The zero-order valence-corrected chi connectivity index (χ0v) is 4.94. The molecule has 0 bridgehead atoms. The summed E-state index contributed by atoms with van der Waals surface area (Å²) in [4.78, 5) is 0. The zero-order valence-electron chi connectivity index (χ0n) is 3.36. The third-order valence-corrected chi connectivity index (χ3v) is 1.43. The number of ether oxygens (including phenoxy) is 1. The fourth-order valence-corrected chi connectivity index (χ4v) is 0.857. The van der Waals surface area contributed by atoms with Crippen LogP contribution in [0.2, 0.25) is 0 Å². The van der Waals surface area contributed by atoms with Crippen molar-refractivity contribution in [2.45, 2.75) is 17.9 Å². The molecule has 1 saturated heterocycles. The highest BCUT2D eigenvalue weighted by Gasteiger charge is 2.09. The van der Waals surface area contributed by atoms with Gasteiger partial charge in [-0.1, -0.05) is 15.9 Å². The summed E-state index contributed by atoms with van der Waals surface area (Å²) in [6.45, 7) is 1.83. The summed E-state index contributed by atoms with van der Waals surface area (Å²) in [6.07, 6.45) is 2.22. The lowest BCUT2D eigenvalue weighted by Crippen LogP contribution is -1.86. The summed E-state index contributed by atoms with van der Waals surface area (Å²) < 4.78 is 4.94. The zero-order chi connectivity index (χ0) is 4.41. The second-order valence-corrected chi connectivity index (χ2v) is 2.31. The molecule has 1 radical (unpaired) electrons. The van der Waals surface area contributed by atoms with Gasteiger partial charge in [0, 0.05) is 0 Å². The molecule has 6 heavy (non-hydrogen) atoms. The molecule has 1 nitrogen and oxygen atoms in total. The third kappa shape index (κ3) is 0.949. The molecule has 1 fully saturated rings. The fraction of sp³-hybridized carbons (Fsp3) is 0.750. The Morgan fingerprint density at radius 1 is 1.83 bits per heavy atom. The van der Waals surface area contributed by atoms with Gasteiger partial charge in [0.05, 0.1) is 6.61 Å². The number of rotatable bonds is 0. The van der Waals surface area contributed by atoms with Gasteiger partial charge in [-0.3, -0.25) is 0 Å². The maximum Gasteiger partial charge on any atom is 0.113 e. The van der Waals surface area contributed by atoms with E-state index in [1.165, 1.54) is 0 Å². The number of halogens is 1. The number of hydrogen-bond donors (Lipinski definition) is 0. The van der Waals surface area contributed by atoms with Crippen molar-refractivity contribution in [3.05, 3.63) is 6.61 Å². The van der Waals surface area contributed by atoms with Crippen molar-refractivity contribution >= 4 is 15.9 Å². The number of alkyl halides is 1. The normalized spacial score (nSPS) is 34.5. The third-order valence-electron chi connectivity index (χ3n) is 0.755. The standard InChI is InChI=1S/C4H6BrO/c5-4-2-1-3-6-4/h3-4H,1-2H2. The fourth-order valence-electron chi connectivity index (χ4n) is 0.440. The first-order chi connectivity index (χ1) is 2.89. The number of hydrogen-bond acceptors (Lipinski definition) is 1. The lowest BCUT2D eigenvalue weighted by Gasteiger charge is -1.91. The average molecular weight is 150 g/mol. The minimum atomic E-state index is 0.303. The highest BCUT2D eigenvalue weighted by Crippen LogP contribution is 2.19. The van der Waals surface area contributed by atoms with Crippen LogP contribution in [-0.4, -0.2) is 5.01 Å². The molecule has 1 aliphatic rings. The molecule has 0 aromatic rings. The maximum absolute atomic E-state index is 4.94. The lowest BCUT2D eigenvalue weighted by atomic mass is 10.4. The molecular weight excluding hydrogens is 144 g/mol. The molecule has 0 spiro atoms. The largest absolute Gasteiger partial charge is 0.361 e. The van der Waals surface area contributed by atoms with E-state index in [0.29, 0.717) is 5.01 Å². The van der Waals surface area contributed by atoms with E-state index in [1.807, 2.05) is 6.61 Å². The molecule has 0 saturated carbocycles. The van der Waals surface area contributed by atoms with Gasteiger partial charge in [0.25, 0.3) is 0 Å². The van der Waals surface area contributed by atoms with E-state index in [2.05, 4.69) is 15.9 Å². The van der Waals surface area contributed by atoms with Crippen LogP contribution in [0, 0.1) is 6.61 Å². The molecule has 0 aromatic heterocycles. The first kappa shape index (κ1) is 4.60. The summed E-state index contributed by atoms with van der Waals surface area (Å²) in [5.74, 6) is 0. The van der Waals surface area contributed by atoms with E-state index >= 15 is 0 Å². The van der Waals surface area contributed by atoms with Crippen LogP contribution < -0.4 is 0 Å². The molecule has 35 valence electrons. The second-order valence-electron chi connectivity index (χ2n) is 1.29. The van der Waals surface area contributed by atoms with Crippen molar-refractivity contribution in [3.8, 4) is 0 Å². The molecule has 1 aliphatic heterocycles. The monoisotopic (exact) mass is 149 g/mol. The second kappa shape index (κ2) is 1.94. The van der Waals surface area contributed by atoms with E-state index in [1.54, 1.807) is 0 Å². The van der Waals surface area contributed by atoms with Gasteiger partial charge in [-0.25, -0.2) is 0 Å². The van der Waals surface area contributed by atoms with Gasteiger partial charge < -0.3 is 4.74 Å². The maximum atomic E-state index is 4.94. The molecule has 1 atom stereocenters. The van der Waals surface area contributed by atoms with Crippen LogP contribution in [0.3, 0.4) is 0 Å². The van der Waals surface area contributed by atoms with Crippen LogP contribution in [-0.2, 0) is 4.74 Å². The first-order valence-corrected chi connectivity index (χ1v) is 2.92. The molecule has 0 aromatic carbocycles. The van der Waals surface area contributed by atoms with Crippen molar-refractivity contribution in [3.63, 3.8) is 0 Å². The van der Waals surface area contributed by atoms with Crippen molar-refractivity contribution in [2.75, 3.05) is 0 Å². The topological polar surface area (TPSA) is 9.23 Å². The van der Waals surface area contributed by atoms with Gasteiger partial charge in [0.1, 0.15) is 5.01 Å². The van der Waals surface area contributed by atoms with E-state index in [-0.39, 0.29) is 0 Å². The molecule has 1 rings (SSSR count). The Morgan fingerprint density at radius 2 is 2.67 bits per heavy atom. The minimum absolute atomic E-state index is 0.303. The van der Waals surface area contributed by atoms with Gasteiger partial charge in [-0.15, -0.1) is 0 Å². The highest BCUT2D eigenvalue weighted by atomic mass is 79.9. The average Bonchev–Trinajstić information content (AvgIpc) is 1.86. The molecule has 1 heterocycles. The predicted octanol–water partition coefficient (Wildman–Crippen LogP) is 1.68. The lowest BCUT2D eigenvalue weighted by molar-refractivity contribution is 0.231. The Bertz CT molecular complexity index is 40.8. The van der Waals surface area contributed by atoms with Crippen LogP contribution in [0.25, 0.3) is 0 Å². The SMILES string of the molecule is BrC1CC[CH]O1. The van der Waals surface area contributed by atoms with E-state index in [4.69, 9.17) is 4.74 Å². The van der Waals surface area contributed by atoms with Crippen molar-refractivity contribution in [1.29, 1.82) is 0 Å². The van der Waals surface area contributed by atoms with Gasteiger partial charge in [0.2, 0.25) is 0 Å². The Balaban J connectivity index is 2.18. The van der Waals surface area contributed by atoms with E-state index in [0.717, 1.165) is 12.8 Å². The van der Waals surface area contributed by atoms with Gasteiger partial charge in [-0.05, 0) is 12.8 Å². The summed E-state index contributed by atoms with van der Waals surface area (Å²) in [6, 6.07) is 0. The Morgan fingerprint density at radius 3 is 2.83 bits per heavy atom. The van der Waals surface area contributed by atoms with Crippen LogP contribution in [0.4, 0.5) is 0 Å². The van der Waals surface area contributed by atoms with E-state index < -0.39 is 0 Å². The van der Waals surface area contributed by atoms with E-state index in [9.17, 15) is 0 Å². The van der Waals surface area contributed by atoms with Gasteiger partial charge in [-0.2, -0.15) is 0 Å². The van der Waals surface area contributed by atoms with Crippen LogP contribution >= 0.6 is 15.9 Å². The summed E-state index contributed by atoms with van der Waals surface area (Å²) in [5, 5.41) is 0.303. The molecular formula is C4H6BrO. The summed E-state index contributed by atoms with van der Waals surface area (Å²) in [5.41, 5.74) is 0. The highest BCUT2D eigenvalue weighted by molar-refractivity contribution is 9.09. The van der Waals surface area contributed by atoms with Crippen LogP contribution in [0.1, 0.15) is 12.8 Å². The molecule has 0 aliphatic carbocycles. The Kier molecular flexibility index (Phi) is 1.48. The minimum Gasteiger partial charge on any atom is -0.361 e.